The third-order valence-electron chi connectivity index (χ3n) is 4.45. The molecule has 3 rings (SSSR count). The van der Waals surface area contributed by atoms with E-state index >= 15 is 0 Å². The Kier molecular flexibility index (Phi) is 6.16. The maximum Gasteiger partial charge on any atom is 0.270 e. The molecule has 3 aromatic rings. The molecule has 0 aliphatic heterocycles. The van der Waals surface area contributed by atoms with Crippen LogP contribution in [0.2, 0.25) is 5.02 Å². The Balaban J connectivity index is 2.08. The van der Waals surface area contributed by atoms with Crippen LogP contribution in [0.25, 0.3) is 10.2 Å². The van der Waals surface area contributed by atoms with Crippen LogP contribution in [0.5, 0.6) is 0 Å². The van der Waals surface area contributed by atoms with E-state index in [2.05, 4.69) is 11.1 Å². The summed E-state index contributed by atoms with van der Waals surface area (Å²) in [5.74, 6) is -0.408. The fourth-order valence-electron chi connectivity index (χ4n) is 3.00. The molecule has 9 heteroatoms. The first-order valence-electron chi connectivity index (χ1n) is 8.95. The van der Waals surface area contributed by atoms with Gasteiger partial charge in [0.25, 0.3) is 11.6 Å². The van der Waals surface area contributed by atoms with E-state index in [4.69, 9.17) is 11.6 Å². The third-order valence-corrected chi connectivity index (χ3v) is 6.01. The standard InChI is InChI=1S/C20H21ClN4O3S/c1-12-9-13(2)18-17(10-12)22-20(29-18)24(8-7-23(3)4)19(26)15-11-14(25(27)28)5-6-16(15)21/h5-6,9-11H,7-8H2,1-4H3. The van der Waals surface area contributed by atoms with Crippen LogP contribution in [0.1, 0.15) is 21.5 Å². The number of anilines is 1. The fourth-order valence-corrected chi connectivity index (χ4v) is 4.24. The van der Waals surface area contributed by atoms with Crippen molar-refractivity contribution in [1.29, 1.82) is 0 Å². The van der Waals surface area contributed by atoms with Crippen molar-refractivity contribution in [3.8, 4) is 0 Å². The third kappa shape index (κ3) is 4.55. The molecule has 1 heterocycles. The summed E-state index contributed by atoms with van der Waals surface area (Å²) in [6, 6.07) is 7.94. The molecule has 0 fully saturated rings. The molecule has 0 atom stereocenters. The lowest BCUT2D eigenvalue weighted by molar-refractivity contribution is -0.384. The van der Waals surface area contributed by atoms with E-state index in [1.54, 1.807) is 4.90 Å². The largest absolute Gasteiger partial charge is 0.308 e. The van der Waals surface area contributed by atoms with E-state index in [1.807, 2.05) is 38.9 Å². The Morgan fingerprint density at radius 2 is 1.93 bits per heavy atom. The van der Waals surface area contributed by atoms with Crippen LogP contribution in [0.3, 0.4) is 0 Å². The van der Waals surface area contributed by atoms with Gasteiger partial charge in [-0.3, -0.25) is 19.8 Å². The number of hydrogen-bond acceptors (Lipinski definition) is 6. The maximum atomic E-state index is 13.3. The second-order valence-electron chi connectivity index (χ2n) is 7.11. The summed E-state index contributed by atoms with van der Waals surface area (Å²) in [5.41, 5.74) is 2.93. The van der Waals surface area contributed by atoms with Crippen molar-refractivity contribution in [3.05, 3.63) is 62.2 Å². The van der Waals surface area contributed by atoms with Gasteiger partial charge >= 0.3 is 0 Å². The van der Waals surface area contributed by atoms with Crippen molar-refractivity contribution in [3.63, 3.8) is 0 Å². The Bertz CT molecular complexity index is 1100. The second kappa shape index (κ2) is 8.44. The molecule has 152 valence electrons. The molecular weight excluding hydrogens is 412 g/mol. The van der Waals surface area contributed by atoms with E-state index < -0.39 is 10.8 Å². The number of carbonyl (C=O) groups is 1. The van der Waals surface area contributed by atoms with Gasteiger partial charge in [0.15, 0.2) is 5.13 Å². The second-order valence-corrected chi connectivity index (χ2v) is 8.49. The van der Waals surface area contributed by atoms with E-state index in [1.165, 1.54) is 29.5 Å². The highest BCUT2D eigenvalue weighted by molar-refractivity contribution is 7.22. The lowest BCUT2D eigenvalue weighted by Gasteiger charge is -2.22. The zero-order valence-electron chi connectivity index (χ0n) is 16.6. The molecule has 0 radical (unpaired) electrons. The predicted molar refractivity (Wildman–Crippen MR) is 117 cm³/mol. The number of non-ortho nitro benzene ring substituents is 1. The smallest absolute Gasteiger partial charge is 0.270 e. The SMILES string of the molecule is Cc1cc(C)c2sc(N(CCN(C)C)C(=O)c3cc([N+](=O)[O-])ccc3Cl)nc2c1. The summed E-state index contributed by atoms with van der Waals surface area (Å²) in [6.45, 7) is 5.00. The molecule has 0 aliphatic carbocycles. The Morgan fingerprint density at radius 3 is 2.59 bits per heavy atom. The zero-order chi connectivity index (χ0) is 21.3. The molecule has 2 aromatic carbocycles. The van der Waals surface area contributed by atoms with Crippen molar-refractivity contribution in [2.75, 3.05) is 32.1 Å². The number of carbonyl (C=O) groups excluding carboxylic acids is 1. The molecule has 0 N–H and O–H groups in total. The van der Waals surface area contributed by atoms with Gasteiger partial charge in [0, 0.05) is 25.2 Å². The van der Waals surface area contributed by atoms with Crippen LogP contribution in [0.4, 0.5) is 10.8 Å². The fraction of sp³-hybridized carbons (Fsp3) is 0.300. The summed E-state index contributed by atoms with van der Waals surface area (Å²) < 4.78 is 1.01. The number of benzene rings is 2. The number of aromatic nitrogens is 1. The number of aryl methyl sites for hydroxylation is 2. The van der Waals surface area contributed by atoms with E-state index in [9.17, 15) is 14.9 Å². The molecule has 0 saturated carbocycles. The highest BCUT2D eigenvalue weighted by Gasteiger charge is 2.25. The van der Waals surface area contributed by atoms with Crippen molar-refractivity contribution in [2.45, 2.75) is 13.8 Å². The highest BCUT2D eigenvalue weighted by Crippen LogP contribution is 2.34. The minimum atomic E-state index is -0.541. The molecule has 0 spiro atoms. The van der Waals surface area contributed by atoms with Gasteiger partial charge < -0.3 is 4.90 Å². The number of amides is 1. The molecule has 0 unspecified atom stereocenters. The summed E-state index contributed by atoms with van der Waals surface area (Å²) in [6.07, 6.45) is 0. The van der Waals surface area contributed by atoms with Gasteiger partial charge in [0.2, 0.25) is 0 Å². The van der Waals surface area contributed by atoms with Gasteiger partial charge in [-0.05, 0) is 51.2 Å². The molecule has 0 saturated heterocycles. The molecule has 7 nitrogen and oxygen atoms in total. The van der Waals surface area contributed by atoms with Gasteiger partial charge in [-0.15, -0.1) is 0 Å². The highest BCUT2D eigenvalue weighted by atomic mass is 35.5. The Hall–Kier alpha value is -2.55. The Morgan fingerprint density at radius 1 is 1.21 bits per heavy atom. The number of fused-ring (bicyclic) bond motifs is 1. The molecule has 0 bridgehead atoms. The molecule has 0 aliphatic rings. The first-order valence-corrected chi connectivity index (χ1v) is 10.1. The lowest BCUT2D eigenvalue weighted by atomic mass is 10.1. The summed E-state index contributed by atoms with van der Waals surface area (Å²) in [7, 11) is 3.82. The van der Waals surface area contributed by atoms with Gasteiger partial charge in [0.1, 0.15) is 0 Å². The maximum absolute atomic E-state index is 13.3. The van der Waals surface area contributed by atoms with Crippen LogP contribution in [-0.4, -0.2) is 47.9 Å². The minimum Gasteiger partial charge on any atom is -0.308 e. The van der Waals surface area contributed by atoms with Gasteiger partial charge in [-0.2, -0.15) is 0 Å². The summed E-state index contributed by atoms with van der Waals surface area (Å²) in [4.78, 5) is 32.1. The average molecular weight is 433 g/mol. The van der Waals surface area contributed by atoms with Gasteiger partial charge in [-0.1, -0.05) is 29.0 Å². The first kappa shape index (κ1) is 21.2. The number of nitro benzene ring substituents is 1. The number of rotatable bonds is 6. The normalized spacial score (nSPS) is 11.2. The number of nitro groups is 1. The quantitative estimate of drug-likeness (QED) is 0.417. The van der Waals surface area contributed by atoms with E-state index in [0.29, 0.717) is 18.2 Å². The van der Waals surface area contributed by atoms with Gasteiger partial charge in [0.05, 0.1) is 25.7 Å². The Labute approximate surface area is 177 Å². The zero-order valence-corrected chi connectivity index (χ0v) is 18.2. The van der Waals surface area contributed by atoms with Crippen molar-refractivity contribution >= 4 is 49.9 Å². The number of hydrogen-bond donors (Lipinski definition) is 0. The molecule has 1 aromatic heterocycles. The van der Waals surface area contributed by atoms with Crippen LogP contribution >= 0.6 is 22.9 Å². The molecular formula is C20H21ClN4O3S. The van der Waals surface area contributed by atoms with E-state index in [0.717, 1.165) is 21.3 Å². The minimum absolute atomic E-state index is 0.0896. The van der Waals surface area contributed by atoms with Crippen LogP contribution in [-0.2, 0) is 0 Å². The molecule has 1 amide bonds. The van der Waals surface area contributed by atoms with Gasteiger partial charge in [-0.25, -0.2) is 4.98 Å². The number of nitrogens with zero attached hydrogens (tertiary/aromatic N) is 4. The lowest BCUT2D eigenvalue weighted by Crippen LogP contribution is -2.37. The number of likely N-dealkylation sites (N-methyl/N-ethyl adjacent to an activating group) is 1. The van der Waals surface area contributed by atoms with Crippen LogP contribution < -0.4 is 4.90 Å². The van der Waals surface area contributed by atoms with Crippen molar-refractivity contribution in [2.24, 2.45) is 0 Å². The van der Waals surface area contributed by atoms with Crippen LogP contribution in [0.15, 0.2) is 30.3 Å². The van der Waals surface area contributed by atoms with Crippen molar-refractivity contribution in [1.82, 2.24) is 9.88 Å². The van der Waals surface area contributed by atoms with E-state index in [-0.39, 0.29) is 16.3 Å². The topological polar surface area (TPSA) is 79.6 Å². The van der Waals surface area contributed by atoms with Crippen LogP contribution in [0, 0.1) is 24.0 Å². The number of thiazole rings is 1. The first-order chi connectivity index (χ1) is 13.7. The average Bonchev–Trinajstić information content (AvgIpc) is 3.05. The predicted octanol–water partition coefficient (Wildman–Crippen LogP) is 4.68. The van der Waals surface area contributed by atoms with Crippen molar-refractivity contribution < 1.29 is 9.72 Å². The summed E-state index contributed by atoms with van der Waals surface area (Å²) in [5, 5.41) is 11.9. The number of halogens is 1. The molecule has 29 heavy (non-hydrogen) atoms. The monoisotopic (exact) mass is 432 g/mol. The summed E-state index contributed by atoms with van der Waals surface area (Å²) >= 11 is 7.65.